The van der Waals surface area contributed by atoms with Crippen LogP contribution >= 0.6 is 15.9 Å². The van der Waals surface area contributed by atoms with E-state index in [4.69, 9.17) is 9.41 Å². The highest BCUT2D eigenvalue weighted by atomic mass is 79.9. The summed E-state index contributed by atoms with van der Waals surface area (Å²) in [6.07, 6.45) is 0. The highest BCUT2D eigenvalue weighted by Gasteiger charge is 2.31. The molecule has 0 aliphatic carbocycles. The average molecular weight is 502 g/mol. The molecule has 164 valence electrons. The molecule has 1 aliphatic rings. The Balaban J connectivity index is 1.50. The highest BCUT2D eigenvalue weighted by Crippen LogP contribution is 2.35. The summed E-state index contributed by atoms with van der Waals surface area (Å²) in [5.74, 6) is 0.215. The van der Waals surface area contributed by atoms with Gasteiger partial charge in [-0.15, -0.1) is 0 Å². The van der Waals surface area contributed by atoms with Crippen LogP contribution in [0.4, 0.5) is 11.7 Å². The smallest absolute Gasteiger partial charge is 0.302 e. The number of nitrogens with one attached hydrogen (secondary N) is 3. The molecule has 0 saturated heterocycles. The second-order valence-electron chi connectivity index (χ2n) is 7.50. The summed E-state index contributed by atoms with van der Waals surface area (Å²) in [6, 6.07) is 24.4. The van der Waals surface area contributed by atoms with Gasteiger partial charge in [-0.05, 0) is 42.8 Å². The molecule has 3 N–H and O–H groups in total. The number of aliphatic imine (C=N–C) groups is 1. The van der Waals surface area contributed by atoms with E-state index in [1.807, 2.05) is 85.8 Å². The van der Waals surface area contributed by atoms with E-state index >= 15 is 0 Å². The molecule has 3 aromatic carbocycles. The summed E-state index contributed by atoms with van der Waals surface area (Å²) in [4.78, 5) is 22.6. The van der Waals surface area contributed by atoms with E-state index in [0.29, 0.717) is 34.5 Å². The minimum absolute atomic E-state index is 0.225. The van der Waals surface area contributed by atoms with Crippen LogP contribution in [0.15, 0.2) is 104 Å². The molecule has 0 saturated carbocycles. The zero-order chi connectivity index (χ0) is 22.8. The molecule has 8 heteroatoms. The van der Waals surface area contributed by atoms with Gasteiger partial charge in [0.05, 0.1) is 5.57 Å². The normalized spacial score (nSPS) is 15.7. The Hall–Kier alpha value is -3.91. The van der Waals surface area contributed by atoms with Crippen molar-refractivity contribution in [2.24, 2.45) is 4.99 Å². The van der Waals surface area contributed by atoms with Gasteiger partial charge in [0.15, 0.2) is 5.58 Å². The molecule has 4 aromatic rings. The summed E-state index contributed by atoms with van der Waals surface area (Å²) < 4.78 is 6.64. The third kappa shape index (κ3) is 4.38. The Morgan fingerprint density at radius 1 is 1.00 bits per heavy atom. The lowest BCUT2D eigenvalue weighted by Crippen LogP contribution is -2.37. The van der Waals surface area contributed by atoms with Crippen molar-refractivity contribution in [2.75, 3.05) is 10.6 Å². The molecule has 1 amide bonds. The number of hydrogen-bond donors (Lipinski definition) is 3. The lowest BCUT2D eigenvalue weighted by atomic mass is 9.95. The number of anilines is 2. The fraction of sp³-hybridized carbons (Fsp3) is 0.0800. The number of amides is 1. The zero-order valence-corrected chi connectivity index (χ0v) is 19.3. The maximum atomic E-state index is 13.3. The van der Waals surface area contributed by atoms with Crippen molar-refractivity contribution in [2.45, 2.75) is 13.0 Å². The van der Waals surface area contributed by atoms with Gasteiger partial charge in [-0.1, -0.05) is 64.5 Å². The number of oxazole rings is 1. The number of nitrogens with zero attached hydrogens (tertiary/aromatic N) is 2. The van der Waals surface area contributed by atoms with Crippen molar-refractivity contribution in [1.82, 2.24) is 10.3 Å². The lowest BCUT2D eigenvalue weighted by Gasteiger charge is -2.27. The largest absolute Gasteiger partial charge is 0.423 e. The van der Waals surface area contributed by atoms with Gasteiger partial charge in [0, 0.05) is 15.9 Å². The minimum Gasteiger partial charge on any atom is -0.423 e. The van der Waals surface area contributed by atoms with Crippen molar-refractivity contribution in [3.8, 4) is 0 Å². The quantitative estimate of drug-likeness (QED) is 0.337. The molecule has 1 atom stereocenters. The van der Waals surface area contributed by atoms with Gasteiger partial charge < -0.3 is 15.1 Å². The molecule has 0 radical (unpaired) electrons. The first-order valence-corrected chi connectivity index (χ1v) is 11.2. The van der Waals surface area contributed by atoms with Crippen LogP contribution in [0.1, 0.15) is 18.5 Å². The van der Waals surface area contributed by atoms with E-state index < -0.39 is 6.04 Å². The van der Waals surface area contributed by atoms with E-state index in [2.05, 4.69) is 36.9 Å². The zero-order valence-electron chi connectivity index (χ0n) is 17.7. The number of fused-ring (bicyclic) bond motifs is 1. The van der Waals surface area contributed by atoms with Gasteiger partial charge in [-0.3, -0.25) is 10.1 Å². The molecule has 33 heavy (non-hydrogen) atoms. The van der Waals surface area contributed by atoms with Crippen LogP contribution in [0.25, 0.3) is 11.1 Å². The van der Waals surface area contributed by atoms with E-state index in [-0.39, 0.29) is 5.91 Å². The first-order valence-electron chi connectivity index (χ1n) is 10.4. The first-order chi connectivity index (χ1) is 16.1. The molecule has 0 bridgehead atoms. The average Bonchev–Trinajstić information content (AvgIpc) is 3.22. The molecular formula is C25H20BrN5O2. The Labute approximate surface area is 198 Å². The van der Waals surface area contributed by atoms with Crippen LogP contribution in [0.3, 0.4) is 0 Å². The number of aromatic nitrogens is 1. The van der Waals surface area contributed by atoms with Crippen molar-refractivity contribution in [3.63, 3.8) is 0 Å². The number of carbonyl (C=O) groups is 1. The second kappa shape index (κ2) is 8.91. The number of carbonyl (C=O) groups excluding carboxylic acids is 1. The summed E-state index contributed by atoms with van der Waals surface area (Å²) in [7, 11) is 0. The van der Waals surface area contributed by atoms with Gasteiger partial charge in [0.25, 0.3) is 5.91 Å². The molecule has 5 rings (SSSR count). The fourth-order valence-corrected chi connectivity index (χ4v) is 4.20. The molecule has 1 unspecified atom stereocenters. The van der Waals surface area contributed by atoms with Crippen LogP contribution < -0.4 is 16.0 Å². The molecule has 7 nitrogen and oxygen atoms in total. The van der Waals surface area contributed by atoms with Crippen LogP contribution in [-0.4, -0.2) is 16.9 Å². The van der Waals surface area contributed by atoms with Gasteiger partial charge in [-0.25, -0.2) is 4.99 Å². The van der Waals surface area contributed by atoms with Gasteiger partial charge in [0.2, 0.25) is 5.96 Å². The number of rotatable bonds is 4. The third-order valence-electron chi connectivity index (χ3n) is 5.24. The highest BCUT2D eigenvalue weighted by molar-refractivity contribution is 9.10. The predicted octanol–water partition coefficient (Wildman–Crippen LogP) is 5.62. The maximum Gasteiger partial charge on any atom is 0.302 e. The monoisotopic (exact) mass is 501 g/mol. The first kappa shape index (κ1) is 21.0. The Bertz CT molecular complexity index is 1360. The molecule has 1 aromatic heterocycles. The molecule has 0 fully saturated rings. The number of benzene rings is 3. The Kier molecular flexibility index (Phi) is 5.66. The van der Waals surface area contributed by atoms with E-state index in [1.54, 1.807) is 0 Å². The van der Waals surface area contributed by atoms with Crippen LogP contribution in [0, 0.1) is 0 Å². The molecule has 1 aliphatic heterocycles. The van der Waals surface area contributed by atoms with Gasteiger partial charge in [-0.2, -0.15) is 4.98 Å². The summed E-state index contributed by atoms with van der Waals surface area (Å²) in [5.41, 5.74) is 4.20. The summed E-state index contributed by atoms with van der Waals surface area (Å²) in [6.45, 7) is 1.85. The Morgan fingerprint density at radius 2 is 1.73 bits per heavy atom. The number of halogens is 1. The van der Waals surface area contributed by atoms with Crippen molar-refractivity contribution >= 4 is 50.6 Å². The third-order valence-corrected chi connectivity index (χ3v) is 5.96. The van der Waals surface area contributed by atoms with Gasteiger partial charge in [0.1, 0.15) is 11.6 Å². The number of hydrogen-bond acceptors (Lipinski definition) is 6. The predicted molar refractivity (Wildman–Crippen MR) is 133 cm³/mol. The lowest BCUT2D eigenvalue weighted by molar-refractivity contribution is -0.113. The fourth-order valence-electron chi connectivity index (χ4n) is 3.70. The van der Waals surface area contributed by atoms with E-state index in [0.717, 1.165) is 15.6 Å². The Morgan fingerprint density at radius 3 is 2.52 bits per heavy atom. The number of guanidine groups is 1. The van der Waals surface area contributed by atoms with E-state index in [9.17, 15) is 4.79 Å². The van der Waals surface area contributed by atoms with Crippen molar-refractivity contribution in [1.29, 1.82) is 0 Å². The molecule has 2 heterocycles. The number of allylic oxidation sites excluding steroid dienone is 1. The van der Waals surface area contributed by atoms with E-state index in [1.165, 1.54) is 0 Å². The summed E-state index contributed by atoms with van der Waals surface area (Å²) >= 11 is 3.61. The maximum absolute atomic E-state index is 13.3. The summed E-state index contributed by atoms with van der Waals surface area (Å²) in [5, 5.41) is 9.27. The second-order valence-corrected chi connectivity index (χ2v) is 8.35. The molecule has 0 spiro atoms. The topological polar surface area (TPSA) is 91.5 Å². The molecular weight excluding hydrogens is 482 g/mol. The number of para-hydroxylation sites is 3. The minimum atomic E-state index is -0.544. The van der Waals surface area contributed by atoms with Gasteiger partial charge >= 0.3 is 6.01 Å². The van der Waals surface area contributed by atoms with Crippen molar-refractivity contribution in [3.05, 3.63) is 100 Å². The SMILES string of the molecule is CC1=C(C(=O)Nc2ccccc2)C(c2ccccc2Br)N=C(Nc2nc3ccccc3o2)N1. The van der Waals surface area contributed by atoms with Crippen LogP contribution in [-0.2, 0) is 4.79 Å². The van der Waals surface area contributed by atoms with Crippen molar-refractivity contribution < 1.29 is 9.21 Å². The van der Waals surface area contributed by atoms with Crippen LogP contribution in [0.5, 0.6) is 0 Å². The standard InChI is InChI=1S/C25H20BrN5O2/c1-15-21(23(32)28-16-9-3-2-4-10-16)22(17-11-5-6-12-18(17)26)30-24(27-15)31-25-29-19-13-7-8-14-20(19)33-25/h2-14,22H,1H3,(H,28,32)(H2,27,29,30,31). The van der Waals surface area contributed by atoms with Crippen LogP contribution in [0.2, 0.25) is 0 Å².